The Morgan fingerprint density at radius 1 is 1.06 bits per heavy atom. The van der Waals surface area contributed by atoms with Gasteiger partial charge in [0.1, 0.15) is 12.7 Å². The Morgan fingerprint density at radius 2 is 1.78 bits per heavy atom. The van der Waals surface area contributed by atoms with Gasteiger partial charge in [-0.1, -0.05) is 6.92 Å². The molecule has 1 saturated heterocycles. The zero-order chi connectivity index (χ0) is 25.1. The second-order valence-corrected chi connectivity index (χ2v) is 8.90. The van der Waals surface area contributed by atoms with Crippen LogP contribution in [0.4, 0.5) is 14.7 Å². The number of anilines is 1. The molecule has 1 aromatic carbocycles. The van der Waals surface area contributed by atoms with E-state index in [1.54, 1.807) is 19.1 Å². The third kappa shape index (κ3) is 5.02. The molecule has 1 aliphatic heterocycles. The molecule has 0 amide bonds. The highest BCUT2D eigenvalue weighted by Crippen LogP contribution is 2.31. The summed E-state index contributed by atoms with van der Waals surface area (Å²) in [5.74, 6) is -0.309. The fourth-order valence-corrected chi connectivity index (χ4v) is 4.35. The lowest BCUT2D eigenvalue weighted by molar-refractivity contribution is 0.207. The molecule has 3 aromatic heterocycles. The van der Waals surface area contributed by atoms with Gasteiger partial charge in [0, 0.05) is 36.7 Å². The molecule has 0 saturated carbocycles. The third-order valence-corrected chi connectivity index (χ3v) is 6.49. The standard InChI is InChI=1S/C26H27F2N7O/c1-3-18-12-30-26(31-13-18)34-8-6-19(7-9-34)14-36-25-22(27)10-20(11-23(25)28)21-4-5-24(33-17(21)2)35-16-29-15-32-35/h4-5,10-13,15-16,19H,3,6-9,14H2,1-2H3. The van der Waals surface area contributed by atoms with Gasteiger partial charge in [-0.05, 0) is 67.5 Å². The molecular weight excluding hydrogens is 464 g/mol. The molecule has 0 unspecified atom stereocenters. The summed E-state index contributed by atoms with van der Waals surface area (Å²) in [6.07, 6.45) is 9.24. The molecule has 1 aliphatic rings. The summed E-state index contributed by atoms with van der Waals surface area (Å²) >= 11 is 0. The Kier molecular flexibility index (Phi) is 6.84. The number of ether oxygens (including phenoxy) is 1. The zero-order valence-electron chi connectivity index (χ0n) is 20.2. The van der Waals surface area contributed by atoms with Gasteiger partial charge in [-0.25, -0.2) is 33.4 Å². The molecule has 4 heterocycles. The summed E-state index contributed by atoms with van der Waals surface area (Å²) in [5.41, 5.74) is 2.75. The molecule has 0 aliphatic carbocycles. The molecule has 10 heteroatoms. The van der Waals surface area contributed by atoms with E-state index in [9.17, 15) is 8.78 Å². The molecule has 1 fully saturated rings. The molecule has 186 valence electrons. The molecule has 4 aromatic rings. The Balaban J connectivity index is 1.22. The SMILES string of the molecule is CCc1cnc(N2CCC(COc3c(F)cc(-c4ccc(-n5cncn5)nc4C)cc3F)CC2)nc1. The summed E-state index contributed by atoms with van der Waals surface area (Å²) in [5, 5.41) is 4.05. The van der Waals surface area contributed by atoms with Crippen molar-refractivity contribution in [1.82, 2.24) is 29.7 Å². The van der Waals surface area contributed by atoms with Crippen LogP contribution in [0.25, 0.3) is 16.9 Å². The number of rotatable bonds is 7. The van der Waals surface area contributed by atoms with Crippen molar-refractivity contribution in [1.29, 1.82) is 0 Å². The van der Waals surface area contributed by atoms with Crippen molar-refractivity contribution in [2.45, 2.75) is 33.1 Å². The van der Waals surface area contributed by atoms with Crippen LogP contribution in [0.3, 0.4) is 0 Å². The van der Waals surface area contributed by atoms with Crippen LogP contribution in [0.5, 0.6) is 5.75 Å². The molecule has 0 radical (unpaired) electrons. The monoisotopic (exact) mass is 491 g/mol. The molecule has 0 N–H and O–H groups in total. The van der Waals surface area contributed by atoms with Crippen molar-refractivity contribution in [2.75, 3.05) is 24.6 Å². The van der Waals surface area contributed by atoms with Gasteiger partial charge in [0.15, 0.2) is 23.2 Å². The summed E-state index contributed by atoms with van der Waals surface area (Å²) < 4.78 is 37.0. The lowest BCUT2D eigenvalue weighted by Gasteiger charge is -2.31. The van der Waals surface area contributed by atoms with Gasteiger partial charge in [-0.2, -0.15) is 5.10 Å². The van der Waals surface area contributed by atoms with E-state index in [0.717, 1.165) is 43.9 Å². The number of halogens is 2. The van der Waals surface area contributed by atoms with E-state index in [1.807, 2.05) is 12.4 Å². The third-order valence-electron chi connectivity index (χ3n) is 6.49. The number of pyridine rings is 1. The topological polar surface area (TPSA) is 81.9 Å². The van der Waals surface area contributed by atoms with Gasteiger partial charge in [0.25, 0.3) is 0 Å². The molecular formula is C26H27F2N7O. The first-order valence-corrected chi connectivity index (χ1v) is 12.0. The van der Waals surface area contributed by atoms with Crippen molar-refractivity contribution >= 4 is 5.95 Å². The van der Waals surface area contributed by atoms with Crippen LogP contribution >= 0.6 is 0 Å². The number of hydrogen-bond donors (Lipinski definition) is 0. The quantitative estimate of drug-likeness (QED) is 0.375. The highest BCUT2D eigenvalue weighted by molar-refractivity contribution is 5.67. The Morgan fingerprint density at radius 3 is 2.39 bits per heavy atom. The van der Waals surface area contributed by atoms with Gasteiger partial charge in [0.2, 0.25) is 5.95 Å². The van der Waals surface area contributed by atoms with E-state index in [-0.39, 0.29) is 18.3 Å². The Bertz CT molecular complexity index is 1300. The van der Waals surface area contributed by atoms with Gasteiger partial charge in [-0.3, -0.25) is 0 Å². The lowest BCUT2D eigenvalue weighted by atomic mass is 9.98. The minimum Gasteiger partial charge on any atom is -0.487 e. The Labute approximate surface area is 208 Å². The van der Waals surface area contributed by atoms with Gasteiger partial charge >= 0.3 is 0 Å². The minimum absolute atomic E-state index is 0.199. The fraction of sp³-hybridized carbons (Fsp3) is 0.346. The van der Waals surface area contributed by atoms with Crippen LogP contribution in [0.15, 0.2) is 49.3 Å². The first-order valence-electron chi connectivity index (χ1n) is 12.0. The van der Waals surface area contributed by atoms with Gasteiger partial charge < -0.3 is 9.64 Å². The van der Waals surface area contributed by atoms with E-state index in [4.69, 9.17) is 4.74 Å². The minimum atomic E-state index is -0.730. The second kappa shape index (κ2) is 10.3. The van der Waals surface area contributed by atoms with Crippen LogP contribution in [0, 0.1) is 24.5 Å². The first-order chi connectivity index (χ1) is 17.5. The average molecular weight is 492 g/mol. The second-order valence-electron chi connectivity index (χ2n) is 8.90. The molecule has 36 heavy (non-hydrogen) atoms. The van der Waals surface area contributed by atoms with E-state index in [0.29, 0.717) is 22.6 Å². The van der Waals surface area contributed by atoms with Crippen molar-refractivity contribution in [3.05, 3.63) is 72.2 Å². The Hall–Kier alpha value is -3.95. The van der Waals surface area contributed by atoms with E-state index in [1.165, 1.54) is 29.5 Å². The number of piperidine rings is 1. The summed E-state index contributed by atoms with van der Waals surface area (Å²) in [4.78, 5) is 19.4. The number of nitrogens with zero attached hydrogens (tertiary/aromatic N) is 7. The summed E-state index contributed by atoms with van der Waals surface area (Å²) in [7, 11) is 0. The molecule has 8 nitrogen and oxygen atoms in total. The van der Waals surface area contributed by atoms with Crippen LogP contribution < -0.4 is 9.64 Å². The van der Waals surface area contributed by atoms with Gasteiger partial charge in [0.05, 0.1) is 6.61 Å². The summed E-state index contributed by atoms with van der Waals surface area (Å²) in [6, 6.07) is 6.07. The van der Waals surface area contributed by atoms with Crippen molar-refractivity contribution in [3.8, 4) is 22.7 Å². The van der Waals surface area contributed by atoms with E-state index < -0.39 is 11.6 Å². The predicted molar refractivity (Wildman–Crippen MR) is 131 cm³/mol. The normalized spacial score (nSPS) is 14.3. The highest BCUT2D eigenvalue weighted by atomic mass is 19.1. The van der Waals surface area contributed by atoms with Crippen molar-refractivity contribution in [2.24, 2.45) is 5.92 Å². The maximum Gasteiger partial charge on any atom is 0.225 e. The highest BCUT2D eigenvalue weighted by Gasteiger charge is 2.23. The zero-order valence-corrected chi connectivity index (χ0v) is 20.2. The largest absolute Gasteiger partial charge is 0.487 e. The van der Waals surface area contributed by atoms with E-state index in [2.05, 4.69) is 36.9 Å². The van der Waals surface area contributed by atoms with Crippen LogP contribution in [0.1, 0.15) is 31.0 Å². The fourth-order valence-electron chi connectivity index (χ4n) is 4.35. The molecule has 0 spiro atoms. The van der Waals surface area contributed by atoms with Crippen molar-refractivity contribution < 1.29 is 13.5 Å². The smallest absolute Gasteiger partial charge is 0.225 e. The van der Waals surface area contributed by atoms with Crippen LogP contribution in [-0.2, 0) is 6.42 Å². The number of hydrogen-bond acceptors (Lipinski definition) is 7. The number of benzene rings is 1. The van der Waals surface area contributed by atoms with Crippen LogP contribution in [-0.4, -0.2) is 49.4 Å². The van der Waals surface area contributed by atoms with Crippen LogP contribution in [0.2, 0.25) is 0 Å². The maximum atomic E-state index is 14.9. The first kappa shape index (κ1) is 23.8. The molecule has 0 atom stereocenters. The number of aryl methyl sites for hydroxylation is 2. The maximum absolute atomic E-state index is 14.9. The molecule has 5 rings (SSSR count). The van der Waals surface area contributed by atoms with Gasteiger partial charge in [-0.15, -0.1) is 0 Å². The van der Waals surface area contributed by atoms with E-state index >= 15 is 0 Å². The average Bonchev–Trinajstić information content (AvgIpc) is 3.44. The van der Waals surface area contributed by atoms with Crippen molar-refractivity contribution in [3.63, 3.8) is 0 Å². The molecule has 0 bridgehead atoms. The summed E-state index contributed by atoms with van der Waals surface area (Å²) in [6.45, 7) is 5.66. The predicted octanol–water partition coefficient (Wildman–Crippen LogP) is 4.56. The number of aromatic nitrogens is 6. The lowest BCUT2D eigenvalue weighted by Crippen LogP contribution is -2.36.